The molecule has 1 amide bonds. The first-order valence-electron chi connectivity index (χ1n) is 8.03. The lowest BCUT2D eigenvalue weighted by Crippen LogP contribution is -2.38. The van der Waals surface area contributed by atoms with Gasteiger partial charge in [-0.25, -0.2) is 0 Å². The molecule has 1 aromatic heterocycles. The first kappa shape index (κ1) is 18.9. The van der Waals surface area contributed by atoms with Crippen molar-refractivity contribution < 1.29 is 9.72 Å². The second-order valence-electron chi connectivity index (χ2n) is 5.91. The van der Waals surface area contributed by atoms with E-state index in [1.54, 1.807) is 6.07 Å². The summed E-state index contributed by atoms with van der Waals surface area (Å²) in [5, 5.41) is 22.6. The van der Waals surface area contributed by atoms with Crippen LogP contribution >= 0.6 is 0 Å². The van der Waals surface area contributed by atoms with Crippen LogP contribution < -0.4 is 10.9 Å². The van der Waals surface area contributed by atoms with Crippen LogP contribution in [0.2, 0.25) is 0 Å². The number of nitro groups is 1. The van der Waals surface area contributed by atoms with Gasteiger partial charge in [-0.2, -0.15) is 5.26 Å². The Kier molecular flexibility index (Phi) is 6.22. The topological polar surface area (TPSA) is 118 Å². The van der Waals surface area contributed by atoms with Crippen molar-refractivity contribution in [3.05, 3.63) is 74.2 Å². The third-order valence-electron chi connectivity index (χ3n) is 3.83. The van der Waals surface area contributed by atoms with E-state index in [2.05, 4.69) is 5.32 Å². The summed E-state index contributed by atoms with van der Waals surface area (Å²) in [4.78, 5) is 34.4. The summed E-state index contributed by atoms with van der Waals surface area (Å²) in [5.41, 5.74) is -0.359. The largest absolute Gasteiger partial charge is 0.352 e. The number of aryl methyl sites for hydroxylation is 1. The fraction of sp³-hybridized carbons (Fsp3) is 0.278. The Morgan fingerprint density at radius 3 is 2.69 bits per heavy atom. The van der Waals surface area contributed by atoms with Crippen LogP contribution in [-0.4, -0.2) is 21.4 Å². The Labute approximate surface area is 149 Å². The molecule has 0 saturated heterocycles. The molecular weight excluding hydrogens is 336 g/mol. The number of hydrogen-bond acceptors (Lipinski definition) is 5. The number of rotatable bonds is 7. The van der Waals surface area contributed by atoms with Gasteiger partial charge >= 0.3 is 0 Å². The fourth-order valence-corrected chi connectivity index (χ4v) is 2.49. The Hall–Kier alpha value is -3.47. The monoisotopic (exact) mass is 354 g/mol. The van der Waals surface area contributed by atoms with E-state index in [1.807, 2.05) is 37.3 Å². The molecule has 0 spiro atoms. The van der Waals surface area contributed by atoms with Gasteiger partial charge in [0.2, 0.25) is 5.91 Å². The zero-order valence-electron chi connectivity index (χ0n) is 14.2. The third kappa shape index (κ3) is 5.01. The standard InChI is InChI=1S/C18H18N4O4/c1-13(7-8-14-5-3-2-4-6-14)20-17(23)12-21-11-16(22(25)26)9-15(10-19)18(21)24/h2-6,9,11,13H,7-8,12H2,1H3,(H,20,23)/t13-/m1/s1. The van der Waals surface area contributed by atoms with E-state index in [1.165, 1.54) is 0 Å². The fourth-order valence-electron chi connectivity index (χ4n) is 2.49. The predicted octanol–water partition coefficient (Wildman–Crippen LogP) is 1.77. The summed E-state index contributed by atoms with van der Waals surface area (Å²) >= 11 is 0. The summed E-state index contributed by atoms with van der Waals surface area (Å²) in [6, 6.07) is 12.2. The number of nitrogens with one attached hydrogen (secondary N) is 1. The summed E-state index contributed by atoms with van der Waals surface area (Å²) < 4.78 is 0.885. The van der Waals surface area contributed by atoms with Crippen molar-refractivity contribution >= 4 is 11.6 Å². The van der Waals surface area contributed by atoms with E-state index in [4.69, 9.17) is 5.26 Å². The molecule has 1 aromatic carbocycles. The lowest BCUT2D eigenvalue weighted by molar-refractivity contribution is -0.385. The van der Waals surface area contributed by atoms with Gasteiger partial charge in [-0.1, -0.05) is 30.3 Å². The molecule has 0 bridgehead atoms. The molecule has 8 heteroatoms. The number of pyridine rings is 1. The molecule has 0 aliphatic carbocycles. The highest BCUT2D eigenvalue weighted by atomic mass is 16.6. The van der Waals surface area contributed by atoms with Crippen LogP contribution in [0.5, 0.6) is 0 Å². The van der Waals surface area contributed by atoms with Crippen LogP contribution in [0.25, 0.3) is 0 Å². The van der Waals surface area contributed by atoms with Crippen LogP contribution in [0.3, 0.4) is 0 Å². The average Bonchev–Trinajstić information content (AvgIpc) is 2.62. The minimum Gasteiger partial charge on any atom is -0.352 e. The molecule has 1 atom stereocenters. The van der Waals surface area contributed by atoms with Crippen molar-refractivity contribution in [3.8, 4) is 6.07 Å². The summed E-state index contributed by atoms with van der Waals surface area (Å²) in [7, 11) is 0. The zero-order valence-corrected chi connectivity index (χ0v) is 14.2. The quantitative estimate of drug-likeness (QED) is 0.600. The van der Waals surface area contributed by atoms with Gasteiger partial charge in [0, 0.05) is 12.1 Å². The van der Waals surface area contributed by atoms with Crippen LogP contribution in [0.1, 0.15) is 24.5 Å². The molecule has 2 rings (SSSR count). The maximum atomic E-state index is 12.1. The van der Waals surface area contributed by atoms with Crippen molar-refractivity contribution in [2.45, 2.75) is 32.4 Å². The molecule has 1 heterocycles. The second kappa shape index (κ2) is 8.58. The van der Waals surface area contributed by atoms with E-state index in [9.17, 15) is 19.7 Å². The number of carbonyl (C=O) groups is 1. The van der Waals surface area contributed by atoms with Crippen LogP contribution in [0.4, 0.5) is 5.69 Å². The maximum absolute atomic E-state index is 12.1. The van der Waals surface area contributed by atoms with E-state index >= 15 is 0 Å². The minimum atomic E-state index is -0.731. The predicted molar refractivity (Wildman–Crippen MR) is 94.4 cm³/mol. The number of carbonyl (C=O) groups excluding carboxylic acids is 1. The molecule has 2 aromatic rings. The first-order valence-corrected chi connectivity index (χ1v) is 8.03. The molecule has 8 nitrogen and oxygen atoms in total. The van der Waals surface area contributed by atoms with Gasteiger partial charge < -0.3 is 5.32 Å². The zero-order chi connectivity index (χ0) is 19.1. The Morgan fingerprint density at radius 1 is 1.38 bits per heavy atom. The molecule has 26 heavy (non-hydrogen) atoms. The van der Waals surface area contributed by atoms with E-state index in [-0.39, 0.29) is 18.2 Å². The van der Waals surface area contributed by atoms with Gasteiger partial charge in [0.05, 0.1) is 11.1 Å². The van der Waals surface area contributed by atoms with Gasteiger partial charge in [0.15, 0.2) is 0 Å². The minimum absolute atomic E-state index is 0.132. The smallest absolute Gasteiger partial charge is 0.287 e. The molecular formula is C18H18N4O4. The summed E-state index contributed by atoms with van der Waals surface area (Å²) in [6.45, 7) is 1.46. The van der Waals surface area contributed by atoms with Crippen molar-refractivity contribution in [1.29, 1.82) is 5.26 Å². The molecule has 0 saturated carbocycles. The first-order chi connectivity index (χ1) is 12.4. The van der Waals surface area contributed by atoms with E-state index < -0.39 is 22.1 Å². The highest BCUT2D eigenvalue weighted by molar-refractivity contribution is 5.76. The summed E-state index contributed by atoms with van der Waals surface area (Å²) in [6.07, 6.45) is 2.47. The SMILES string of the molecule is C[C@H](CCc1ccccc1)NC(=O)Cn1cc([N+](=O)[O-])cc(C#N)c1=O. The lowest BCUT2D eigenvalue weighted by atomic mass is 10.1. The molecule has 0 fully saturated rings. The Bertz CT molecular complexity index is 900. The lowest BCUT2D eigenvalue weighted by Gasteiger charge is -2.14. The number of nitriles is 1. The number of aromatic nitrogens is 1. The highest BCUT2D eigenvalue weighted by Gasteiger charge is 2.16. The van der Waals surface area contributed by atoms with Gasteiger partial charge in [-0.15, -0.1) is 0 Å². The second-order valence-corrected chi connectivity index (χ2v) is 5.91. The van der Waals surface area contributed by atoms with Crippen LogP contribution in [0, 0.1) is 21.4 Å². The molecule has 0 aliphatic rings. The van der Waals surface area contributed by atoms with Crippen LogP contribution in [-0.2, 0) is 17.8 Å². The van der Waals surface area contributed by atoms with Gasteiger partial charge in [0.25, 0.3) is 11.2 Å². The number of amides is 1. The highest BCUT2D eigenvalue weighted by Crippen LogP contribution is 2.10. The van der Waals surface area contributed by atoms with Gasteiger partial charge in [-0.3, -0.25) is 24.3 Å². The molecule has 1 N–H and O–H groups in total. The molecule has 0 aliphatic heterocycles. The number of benzene rings is 1. The molecule has 134 valence electrons. The molecule has 0 unspecified atom stereocenters. The van der Waals surface area contributed by atoms with Gasteiger partial charge in [0.1, 0.15) is 18.2 Å². The van der Waals surface area contributed by atoms with Gasteiger partial charge in [-0.05, 0) is 25.3 Å². The molecule has 0 radical (unpaired) electrons. The van der Waals surface area contributed by atoms with Crippen molar-refractivity contribution in [2.75, 3.05) is 0 Å². The Balaban J connectivity index is 2.01. The maximum Gasteiger partial charge on any atom is 0.287 e. The number of hydrogen-bond donors (Lipinski definition) is 1. The normalized spacial score (nSPS) is 11.4. The van der Waals surface area contributed by atoms with Crippen LogP contribution in [0.15, 0.2) is 47.4 Å². The van der Waals surface area contributed by atoms with E-state index in [0.29, 0.717) is 6.42 Å². The number of nitrogens with zero attached hydrogens (tertiary/aromatic N) is 3. The van der Waals surface area contributed by atoms with Crippen molar-refractivity contribution in [3.63, 3.8) is 0 Å². The average molecular weight is 354 g/mol. The third-order valence-corrected chi connectivity index (χ3v) is 3.83. The van der Waals surface area contributed by atoms with Crippen molar-refractivity contribution in [1.82, 2.24) is 9.88 Å². The van der Waals surface area contributed by atoms with Crippen molar-refractivity contribution in [2.24, 2.45) is 0 Å². The van der Waals surface area contributed by atoms with E-state index in [0.717, 1.165) is 28.8 Å². The Morgan fingerprint density at radius 2 is 2.08 bits per heavy atom. The summed E-state index contributed by atoms with van der Waals surface area (Å²) in [5.74, 6) is -0.447.